The van der Waals surface area contributed by atoms with Crippen LogP contribution in [0.2, 0.25) is 0 Å². The fraction of sp³-hybridized carbons (Fsp3) is 0. The lowest BCUT2D eigenvalue weighted by molar-refractivity contribution is 1.50. The Morgan fingerprint density at radius 2 is 2.29 bits per heavy atom. The number of benzene rings is 1. The molecule has 4 heteroatoms. The van der Waals surface area contributed by atoms with Gasteiger partial charge in [-0.25, -0.2) is 10.1 Å². The van der Waals surface area contributed by atoms with Crippen molar-refractivity contribution in [1.29, 1.82) is 5.26 Å². The Kier molecular flexibility index (Phi) is 2.40. The standard InChI is InChI=1S/C10H4N2SSi/c1-12-7(6-11)10-13-8-4-2-3-5-9(8)14-10/h2-5H/b10-7-. The van der Waals surface area contributed by atoms with E-state index in [-0.39, 0.29) is 5.70 Å². The lowest BCUT2D eigenvalue weighted by Gasteiger charge is -1.92. The summed E-state index contributed by atoms with van der Waals surface area (Å²) in [6, 6.07) is 9.98. The summed E-state index contributed by atoms with van der Waals surface area (Å²) >= 11 is 1.55. The third-order valence-corrected chi connectivity index (χ3v) is 4.72. The second-order valence-corrected chi connectivity index (χ2v) is 5.33. The van der Waals surface area contributed by atoms with Crippen LogP contribution in [0.5, 0.6) is 0 Å². The first kappa shape index (κ1) is 9.08. The second-order valence-electron chi connectivity index (χ2n) is 2.62. The average molecular weight is 212 g/mol. The van der Waals surface area contributed by atoms with Crippen molar-refractivity contribution in [1.82, 2.24) is 0 Å². The minimum Gasteiger partial charge on any atom is -0.226 e. The first-order valence-corrected chi connectivity index (χ1v) is 5.72. The largest absolute Gasteiger partial charge is 0.267 e. The number of hydrogen-bond acceptors (Lipinski definition) is 2. The molecule has 1 aliphatic rings. The van der Waals surface area contributed by atoms with E-state index in [9.17, 15) is 0 Å². The summed E-state index contributed by atoms with van der Waals surface area (Å²) in [6.07, 6.45) is 0. The van der Waals surface area contributed by atoms with E-state index in [1.54, 1.807) is 11.8 Å². The highest BCUT2D eigenvalue weighted by atomic mass is 32.2. The molecule has 0 saturated heterocycles. The molecule has 0 fully saturated rings. The topological polar surface area (TPSA) is 28.1 Å². The van der Waals surface area contributed by atoms with E-state index in [0.29, 0.717) is 9.52 Å². The van der Waals surface area contributed by atoms with Gasteiger partial charge in [-0.2, -0.15) is 0 Å². The molecule has 2 nitrogen and oxygen atoms in total. The number of fused-ring (bicyclic) bond motifs is 1. The molecule has 0 atom stereocenters. The molecule has 64 valence electrons. The quantitative estimate of drug-likeness (QED) is 0.372. The van der Waals surface area contributed by atoms with Crippen LogP contribution >= 0.6 is 11.8 Å². The Morgan fingerprint density at radius 1 is 1.50 bits per heavy atom. The predicted octanol–water partition coefficient (Wildman–Crippen LogP) is 1.73. The number of rotatable bonds is 0. The molecule has 2 radical (unpaired) electrons. The van der Waals surface area contributed by atoms with Gasteiger partial charge in [-0.05, 0) is 15.8 Å². The summed E-state index contributed by atoms with van der Waals surface area (Å²) in [5.41, 5.74) is 0.240. The molecular weight excluding hydrogens is 208 g/mol. The summed E-state index contributed by atoms with van der Waals surface area (Å²) in [7, 11) is 0.471. The molecule has 1 aliphatic heterocycles. The SMILES string of the molecule is [C-]#[N+]/C(C#N)=C1\[Si]c2ccccc2S1. The van der Waals surface area contributed by atoms with Crippen molar-refractivity contribution < 1.29 is 0 Å². The van der Waals surface area contributed by atoms with Crippen LogP contribution in [0.15, 0.2) is 39.4 Å². The van der Waals surface area contributed by atoms with E-state index in [0.717, 1.165) is 4.53 Å². The van der Waals surface area contributed by atoms with Crippen molar-refractivity contribution >= 4 is 26.5 Å². The van der Waals surface area contributed by atoms with Gasteiger partial charge in [-0.1, -0.05) is 18.2 Å². The highest BCUT2D eigenvalue weighted by Crippen LogP contribution is 2.32. The van der Waals surface area contributed by atoms with E-state index in [1.807, 2.05) is 30.3 Å². The molecule has 0 aromatic heterocycles. The summed E-state index contributed by atoms with van der Waals surface area (Å²) < 4.78 is 0.906. The monoisotopic (exact) mass is 212 g/mol. The molecule has 0 aliphatic carbocycles. The van der Waals surface area contributed by atoms with Gasteiger partial charge in [-0.3, -0.25) is 0 Å². The Morgan fingerprint density at radius 3 is 2.93 bits per heavy atom. The molecule has 2 rings (SSSR count). The predicted molar refractivity (Wildman–Crippen MR) is 56.9 cm³/mol. The second kappa shape index (κ2) is 3.71. The van der Waals surface area contributed by atoms with E-state index in [4.69, 9.17) is 11.8 Å². The van der Waals surface area contributed by atoms with Crippen molar-refractivity contribution in [3.05, 3.63) is 45.9 Å². The molecule has 0 unspecified atom stereocenters. The third kappa shape index (κ3) is 1.46. The van der Waals surface area contributed by atoms with Gasteiger partial charge < -0.3 is 0 Å². The summed E-state index contributed by atoms with van der Waals surface area (Å²) in [5.74, 6) is 0. The van der Waals surface area contributed by atoms with Gasteiger partial charge in [0.1, 0.15) is 9.52 Å². The summed E-state index contributed by atoms with van der Waals surface area (Å²) in [5, 5.41) is 9.97. The molecule has 0 spiro atoms. The normalized spacial score (nSPS) is 16.7. The Hall–Kier alpha value is -1.49. The van der Waals surface area contributed by atoms with Crippen LogP contribution in [0, 0.1) is 17.9 Å². The molecule has 0 saturated carbocycles. The zero-order valence-corrected chi connectivity index (χ0v) is 8.93. The van der Waals surface area contributed by atoms with Gasteiger partial charge in [0.2, 0.25) is 0 Å². The summed E-state index contributed by atoms with van der Waals surface area (Å²) in [6.45, 7) is 6.87. The zero-order valence-electron chi connectivity index (χ0n) is 7.11. The van der Waals surface area contributed by atoms with Crippen LogP contribution in [0.25, 0.3) is 4.85 Å². The first-order valence-electron chi connectivity index (χ1n) is 3.91. The van der Waals surface area contributed by atoms with Crippen molar-refractivity contribution in [3.8, 4) is 6.07 Å². The van der Waals surface area contributed by atoms with Gasteiger partial charge in [-0.15, -0.1) is 11.8 Å². The zero-order chi connectivity index (χ0) is 9.97. The molecule has 14 heavy (non-hydrogen) atoms. The lowest BCUT2D eigenvalue weighted by atomic mass is 10.4. The highest BCUT2D eigenvalue weighted by Gasteiger charge is 2.20. The van der Waals surface area contributed by atoms with Gasteiger partial charge >= 0.3 is 0 Å². The number of hydrogen-bond donors (Lipinski definition) is 0. The maximum Gasteiger partial charge on any atom is 0.267 e. The van der Waals surface area contributed by atoms with E-state index in [1.165, 1.54) is 10.1 Å². The first-order chi connectivity index (χ1) is 6.85. The van der Waals surface area contributed by atoms with E-state index >= 15 is 0 Å². The molecule has 1 aromatic rings. The van der Waals surface area contributed by atoms with Gasteiger partial charge in [0.25, 0.3) is 5.70 Å². The number of thioether (sulfide) groups is 1. The minimum absolute atomic E-state index is 0.240. The lowest BCUT2D eigenvalue weighted by Crippen LogP contribution is -2.10. The average Bonchev–Trinajstić information content (AvgIpc) is 2.63. The third-order valence-electron chi connectivity index (χ3n) is 1.78. The summed E-state index contributed by atoms with van der Waals surface area (Å²) in [4.78, 5) is 4.40. The molecular formula is C10H4N2SSi. The fourth-order valence-corrected chi connectivity index (χ4v) is 3.91. The van der Waals surface area contributed by atoms with Crippen molar-refractivity contribution in [2.24, 2.45) is 0 Å². The minimum atomic E-state index is 0.240. The molecule has 1 heterocycles. The Bertz CT molecular complexity index is 451. The Labute approximate surface area is 88.9 Å². The van der Waals surface area contributed by atoms with Crippen molar-refractivity contribution in [2.75, 3.05) is 0 Å². The Balaban J connectivity index is 2.43. The maximum atomic E-state index is 8.73. The molecule has 1 aromatic carbocycles. The smallest absolute Gasteiger partial charge is 0.226 e. The maximum absolute atomic E-state index is 8.73. The number of nitriles is 1. The fourth-order valence-electron chi connectivity index (χ4n) is 1.15. The van der Waals surface area contributed by atoms with Gasteiger partial charge in [0.05, 0.1) is 12.6 Å². The van der Waals surface area contributed by atoms with Crippen molar-refractivity contribution in [3.63, 3.8) is 0 Å². The highest BCUT2D eigenvalue weighted by molar-refractivity contribution is 8.06. The van der Waals surface area contributed by atoms with Crippen LogP contribution in [0.1, 0.15) is 0 Å². The number of nitrogens with zero attached hydrogens (tertiary/aromatic N) is 2. The van der Waals surface area contributed by atoms with Gasteiger partial charge in [0.15, 0.2) is 0 Å². The van der Waals surface area contributed by atoms with Crippen molar-refractivity contribution in [2.45, 2.75) is 4.90 Å². The van der Waals surface area contributed by atoms with Crippen LogP contribution in [0.3, 0.4) is 0 Å². The van der Waals surface area contributed by atoms with Crippen LogP contribution in [0.4, 0.5) is 0 Å². The van der Waals surface area contributed by atoms with Crippen LogP contribution < -0.4 is 5.19 Å². The molecule has 0 bridgehead atoms. The number of allylic oxidation sites excluding steroid dienone is 1. The molecule has 0 amide bonds. The van der Waals surface area contributed by atoms with Gasteiger partial charge in [0, 0.05) is 4.90 Å². The molecule has 0 N–H and O–H groups in total. The van der Waals surface area contributed by atoms with Crippen LogP contribution in [-0.2, 0) is 0 Å². The van der Waals surface area contributed by atoms with E-state index < -0.39 is 0 Å². The van der Waals surface area contributed by atoms with Crippen LogP contribution in [-0.4, -0.2) is 9.52 Å². The van der Waals surface area contributed by atoms with E-state index in [2.05, 4.69) is 4.85 Å².